The number of benzene rings is 2. The summed E-state index contributed by atoms with van der Waals surface area (Å²) in [5, 5.41) is 14.0. The Morgan fingerprint density at radius 2 is 2.04 bits per heavy atom. The number of carbonyl (C=O) groups is 2. The molecule has 1 atom stereocenters. The van der Waals surface area contributed by atoms with E-state index in [0.717, 1.165) is 6.07 Å². The number of halogens is 1. The number of nitrogens with one attached hydrogen (secondary N) is 1. The van der Waals surface area contributed by atoms with Crippen LogP contribution in [-0.4, -0.2) is 36.4 Å². The molecule has 146 valence electrons. The summed E-state index contributed by atoms with van der Waals surface area (Å²) in [7, 11) is 1.48. The van der Waals surface area contributed by atoms with Gasteiger partial charge in [0.2, 0.25) is 17.6 Å². The van der Waals surface area contributed by atoms with E-state index < -0.39 is 22.5 Å². The van der Waals surface area contributed by atoms with E-state index in [0.29, 0.717) is 11.4 Å². The Labute approximate surface area is 160 Å². The third-order valence-electron chi connectivity index (χ3n) is 4.56. The second kappa shape index (κ2) is 7.63. The molecule has 0 aliphatic carbocycles. The van der Waals surface area contributed by atoms with E-state index in [1.807, 2.05) is 0 Å². The van der Waals surface area contributed by atoms with Gasteiger partial charge in [-0.05, 0) is 31.2 Å². The van der Waals surface area contributed by atoms with E-state index in [2.05, 4.69) is 5.32 Å². The van der Waals surface area contributed by atoms with E-state index in [9.17, 15) is 24.1 Å². The average Bonchev–Trinajstić information content (AvgIpc) is 2.75. The minimum absolute atomic E-state index is 0.00307. The van der Waals surface area contributed by atoms with E-state index >= 15 is 0 Å². The summed E-state index contributed by atoms with van der Waals surface area (Å²) in [6.45, 7) is 1.53. The molecule has 3 rings (SSSR count). The van der Waals surface area contributed by atoms with Gasteiger partial charge >= 0.3 is 5.69 Å². The second-order valence-electron chi connectivity index (χ2n) is 6.60. The average molecular weight is 386 g/mol. The van der Waals surface area contributed by atoms with Crippen LogP contribution in [0.4, 0.5) is 27.1 Å². The highest BCUT2D eigenvalue weighted by atomic mass is 19.1. The first-order valence-electron chi connectivity index (χ1n) is 8.64. The van der Waals surface area contributed by atoms with Crippen LogP contribution >= 0.6 is 0 Å². The molecule has 28 heavy (non-hydrogen) atoms. The summed E-state index contributed by atoms with van der Waals surface area (Å²) in [6.07, 6.45) is 0.115. The molecule has 9 heteroatoms. The Kier molecular flexibility index (Phi) is 5.25. The summed E-state index contributed by atoms with van der Waals surface area (Å²) < 4.78 is 13.9. The maximum absolute atomic E-state index is 13.9. The topological polar surface area (TPSA) is 95.8 Å². The Balaban J connectivity index is 1.92. The lowest BCUT2D eigenvalue weighted by Crippen LogP contribution is -2.44. The Hall–Kier alpha value is -3.49. The number of carbonyl (C=O) groups excluding carboxylic acids is 2. The van der Waals surface area contributed by atoms with Crippen LogP contribution < -0.4 is 15.1 Å². The zero-order chi connectivity index (χ0) is 20.4. The molecule has 8 nitrogen and oxygen atoms in total. The standard InChI is InChI=1S/C19H19FN4O4/c1-12-10-17(25)21-14-7-3-4-8-15(14)23(12)18(26)11-22(2)16-9-5-6-13(20)19(16)24(27)28/h3-9,12H,10-11H2,1-2H3,(H,21,25). The van der Waals surface area contributed by atoms with E-state index in [1.54, 1.807) is 31.2 Å². The molecular formula is C19H19FN4O4. The molecule has 0 bridgehead atoms. The summed E-state index contributed by atoms with van der Waals surface area (Å²) >= 11 is 0. The molecule has 1 N–H and O–H groups in total. The number of hydrogen-bond donors (Lipinski definition) is 1. The van der Waals surface area contributed by atoms with Crippen molar-refractivity contribution < 1.29 is 18.9 Å². The molecule has 2 amide bonds. The smallest absolute Gasteiger partial charge is 0.327 e. The lowest BCUT2D eigenvalue weighted by Gasteiger charge is -2.30. The van der Waals surface area contributed by atoms with Gasteiger partial charge in [-0.3, -0.25) is 19.7 Å². The normalized spacial score (nSPS) is 16.0. The number of nitro benzene ring substituents is 1. The SMILES string of the molecule is CC1CC(=O)Nc2ccccc2N1C(=O)CN(C)c1cccc(F)c1[N+](=O)[O-]. The van der Waals surface area contributed by atoms with Crippen LogP contribution in [0.25, 0.3) is 0 Å². The molecule has 1 aliphatic rings. The molecule has 0 spiro atoms. The Morgan fingerprint density at radius 1 is 1.32 bits per heavy atom. The van der Waals surface area contributed by atoms with Gasteiger partial charge in [0.15, 0.2) is 0 Å². The van der Waals surface area contributed by atoms with Crippen molar-refractivity contribution in [1.29, 1.82) is 0 Å². The third kappa shape index (κ3) is 3.64. The van der Waals surface area contributed by atoms with Crippen molar-refractivity contribution in [1.82, 2.24) is 0 Å². The van der Waals surface area contributed by atoms with Crippen molar-refractivity contribution in [3.8, 4) is 0 Å². The van der Waals surface area contributed by atoms with Crippen LogP contribution in [0.2, 0.25) is 0 Å². The zero-order valence-electron chi connectivity index (χ0n) is 15.4. The van der Waals surface area contributed by atoms with Gasteiger partial charge in [0.25, 0.3) is 0 Å². The fraction of sp³-hybridized carbons (Fsp3) is 0.263. The summed E-state index contributed by atoms with van der Waals surface area (Å²) in [4.78, 5) is 38.4. The first-order chi connectivity index (χ1) is 13.3. The Bertz CT molecular complexity index is 949. The number of para-hydroxylation sites is 3. The predicted molar refractivity (Wildman–Crippen MR) is 103 cm³/mol. The number of hydrogen-bond acceptors (Lipinski definition) is 5. The van der Waals surface area contributed by atoms with Crippen molar-refractivity contribution in [3.63, 3.8) is 0 Å². The fourth-order valence-electron chi connectivity index (χ4n) is 3.32. The van der Waals surface area contributed by atoms with Gasteiger partial charge in [0.1, 0.15) is 5.69 Å². The maximum atomic E-state index is 13.9. The van der Waals surface area contributed by atoms with Crippen molar-refractivity contribution >= 4 is 34.6 Å². The molecule has 1 unspecified atom stereocenters. The Morgan fingerprint density at radius 3 is 2.75 bits per heavy atom. The van der Waals surface area contributed by atoms with Crippen LogP contribution in [0.3, 0.4) is 0 Å². The zero-order valence-corrected chi connectivity index (χ0v) is 15.4. The lowest BCUT2D eigenvalue weighted by molar-refractivity contribution is -0.386. The number of amides is 2. The largest absolute Gasteiger partial charge is 0.360 e. The van der Waals surface area contributed by atoms with Gasteiger partial charge in [-0.15, -0.1) is 0 Å². The van der Waals surface area contributed by atoms with Gasteiger partial charge in [-0.25, -0.2) is 0 Å². The van der Waals surface area contributed by atoms with E-state index in [1.165, 1.54) is 29.0 Å². The number of nitro groups is 1. The van der Waals surface area contributed by atoms with Crippen LogP contribution in [-0.2, 0) is 9.59 Å². The summed E-state index contributed by atoms with van der Waals surface area (Å²) in [6, 6.07) is 10.3. The monoisotopic (exact) mass is 386 g/mol. The van der Waals surface area contributed by atoms with Crippen LogP contribution in [0.15, 0.2) is 42.5 Å². The van der Waals surface area contributed by atoms with Crippen LogP contribution in [0, 0.1) is 15.9 Å². The minimum Gasteiger partial charge on any atom is -0.360 e. The van der Waals surface area contributed by atoms with Gasteiger partial charge in [-0.1, -0.05) is 18.2 Å². The highest BCUT2D eigenvalue weighted by Crippen LogP contribution is 2.33. The lowest BCUT2D eigenvalue weighted by atomic mass is 10.1. The third-order valence-corrected chi connectivity index (χ3v) is 4.56. The van der Waals surface area contributed by atoms with Crippen molar-refractivity contribution in [2.45, 2.75) is 19.4 Å². The molecule has 2 aromatic rings. The summed E-state index contributed by atoms with van der Waals surface area (Å²) in [5.41, 5.74) is 0.389. The van der Waals surface area contributed by atoms with Crippen molar-refractivity contribution in [2.75, 3.05) is 28.7 Å². The predicted octanol–water partition coefficient (Wildman–Crippen LogP) is 2.93. The first kappa shape index (κ1) is 19.3. The molecule has 0 fully saturated rings. The maximum Gasteiger partial charge on any atom is 0.327 e. The van der Waals surface area contributed by atoms with Crippen molar-refractivity contribution in [3.05, 3.63) is 58.4 Å². The van der Waals surface area contributed by atoms with Gasteiger partial charge < -0.3 is 15.1 Å². The minimum atomic E-state index is -0.968. The summed E-state index contributed by atoms with van der Waals surface area (Å²) in [5.74, 6) is -1.54. The quantitative estimate of drug-likeness (QED) is 0.644. The fourth-order valence-corrected chi connectivity index (χ4v) is 3.32. The molecular weight excluding hydrogens is 367 g/mol. The van der Waals surface area contributed by atoms with Gasteiger partial charge in [-0.2, -0.15) is 4.39 Å². The number of anilines is 3. The van der Waals surface area contributed by atoms with Crippen molar-refractivity contribution in [2.24, 2.45) is 0 Å². The number of likely N-dealkylation sites (N-methyl/N-ethyl adjacent to an activating group) is 1. The highest BCUT2D eigenvalue weighted by Gasteiger charge is 2.31. The molecule has 0 saturated carbocycles. The van der Waals surface area contributed by atoms with Crippen LogP contribution in [0.1, 0.15) is 13.3 Å². The molecule has 1 heterocycles. The number of fused-ring (bicyclic) bond motifs is 1. The molecule has 0 radical (unpaired) electrons. The molecule has 0 aromatic heterocycles. The van der Waals surface area contributed by atoms with E-state index in [-0.39, 0.29) is 30.5 Å². The highest BCUT2D eigenvalue weighted by molar-refractivity contribution is 6.05. The van der Waals surface area contributed by atoms with Crippen LogP contribution in [0.5, 0.6) is 0 Å². The first-order valence-corrected chi connectivity index (χ1v) is 8.64. The number of nitrogens with zero attached hydrogens (tertiary/aromatic N) is 3. The molecule has 2 aromatic carbocycles. The van der Waals surface area contributed by atoms with Gasteiger partial charge in [0.05, 0.1) is 22.8 Å². The van der Waals surface area contributed by atoms with E-state index in [4.69, 9.17) is 0 Å². The number of rotatable bonds is 4. The second-order valence-corrected chi connectivity index (χ2v) is 6.60. The van der Waals surface area contributed by atoms with Gasteiger partial charge in [0, 0.05) is 19.5 Å². The molecule has 0 saturated heterocycles. The molecule has 1 aliphatic heterocycles.